The van der Waals surface area contributed by atoms with Crippen molar-refractivity contribution in [1.29, 1.82) is 0 Å². The fraction of sp³-hybridized carbons (Fsp3) is 0.320. The first-order valence-corrected chi connectivity index (χ1v) is 12.0. The summed E-state index contributed by atoms with van der Waals surface area (Å²) in [6, 6.07) is 13.7. The molecule has 5 nitrogen and oxygen atoms in total. The Bertz CT molecular complexity index is 1350. The van der Waals surface area contributed by atoms with Crippen LogP contribution in [0.2, 0.25) is 0 Å². The Morgan fingerprint density at radius 2 is 1.82 bits per heavy atom. The largest absolute Gasteiger partial charge is 0.433 e. The summed E-state index contributed by atoms with van der Waals surface area (Å²) in [7, 11) is 1.84. The van der Waals surface area contributed by atoms with E-state index in [1.54, 1.807) is 29.8 Å². The molecule has 0 bridgehead atoms. The van der Waals surface area contributed by atoms with Crippen LogP contribution < -0.4 is 10.2 Å². The highest BCUT2D eigenvalue weighted by Gasteiger charge is 2.34. The van der Waals surface area contributed by atoms with Gasteiger partial charge in [-0.05, 0) is 56.0 Å². The number of anilines is 1. The fourth-order valence-electron chi connectivity index (χ4n) is 4.66. The molecule has 1 fully saturated rings. The number of pyridine rings is 1. The van der Waals surface area contributed by atoms with Gasteiger partial charge >= 0.3 is 6.18 Å². The van der Waals surface area contributed by atoms with Crippen LogP contribution in [0.1, 0.15) is 41.7 Å². The lowest BCUT2D eigenvalue weighted by Gasteiger charge is -2.37. The average Bonchev–Trinajstić information content (AvgIpc) is 3.31. The van der Waals surface area contributed by atoms with Crippen molar-refractivity contribution in [3.8, 4) is 0 Å². The van der Waals surface area contributed by atoms with E-state index in [0.717, 1.165) is 42.0 Å². The quantitative estimate of drug-likeness (QED) is 0.384. The summed E-state index contributed by atoms with van der Waals surface area (Å²) in [5.74, 6) is -0.109. The van der Waals surface area contributed by atoms with Gasteiger partial charge in [-0.2, -0.15) is 13.2 Å². The van der Waals surface area contributed by atoms with E-state index in [-0.39, 0.29) is 18.0 Å². The highest BCUT2D eigenvalue weighted by atomic mass is 32.1. The lowest BCUT2D eigenvalue weighted by molar-refractivity contribution is -0.140. The topological polar surface area (TPSA) is 58.1 Å². The molecule has 0 radical (unpaired) electrons. The number of fused-ring (bicyclic) bond motifs is 2. The lowest BCUT2D eigenvalue weighted by Crippen LogP contribution is -2.43. The van der Waals surface area contributed by atoms with Crippen molar-refractivity contribution in [3.63, 3.8) is 0 Å². The smallest absolute Gasteiger partial charge is 0.371 e. The van der Waals surface area contributed by atoms with Crippen molar-refractivity contribution in [1.82, 2.24) is 15.3 Å². The molecule has 1 aliphatic carbocycles. The first-order valence-electron chi connectivity index (χ1n) is 11.1. The van der Waals surface area contributed by atoms with E-state index in [4.69, 9.17) is 0 Å². The zero-order valence-corrected chi connectivity index (χ0v) is 19.3. The second-order valence-corrected chi connectivity index (χ2v) is 9.55. The zero-order valence-electron chi connectivity index (χ0n) is 18.5. The summed E-state index contributed by atoms with van der Waals surface area (Å²) in [6.45, 7) is 0. The van der Waals surface area contributed by atoms with Crippen molar-refractivity contribution >= 4 is 44.1 Å². The number of alkyl halides is 3. The number of hydrogen-bond acceptors (Lipinski definition) is 5. The van der Waals surface area contributed by atoms with Crippen LogP contribution in [0, 0.1) is 0 Å². The number of rotatable bonds is 4. The molecule has 1 aliphatic rings. The van der Waals surface area contributed by atoms with Gasteiger partial charge < -0.3 is 10.2 Å². The Morgan fingerprint density at radius 3 is 2.59 bits per heavy atom. The number of carbonyl (C=O) groups is 1. The number of halogens is 3. The van der Waals surface area contributed by atoms with E-state index in [1.165, 1.54) is 11.3 Å². The average molecular weight is 485 g/mol. The van der Waals surface area contributed by atoms with Crippen molar-refractivity contribution in [2.24, 2.45) is 0 Å². The third kappa shape index (κ3) is 4.44. The van der Waals surface area contributed by atoms with E-state index in [1.807, 2.05) is 30.1 Å². The highest BCUT2D eigenvalue weighted by Crippen LogP contribution is 2.36. The summed E-state index contributed by atoms with van der Waals surface area (Å²) < 4.78 is 41.3. The number of nitrogens with zero attached hydrogens (tertiary/aromatic N) is 3. The summed E-state index contributed by atoms with van der Waals surface area (Å²) >= 11 is 1.50. The van der Waals surface area contributed by atoms with Gasteiger partial charge in [0.2, 0.25) is 0 Å². The molecule has 9 heteroatoms. The monoisotopic (exact) mass is 484 g/mol. The molecule has 176 valence electrons. The maximum atomic E-state index is 13.5. The van der Waals surface area contributed by atoms with E-state index < -0.39 is 11.9 Å². The minimum absolute atomic E-state index is 0.0363. The van der Waals surface area contributed by atoms with Crippen LogP contribution in [-0.2, 0) is 6.18 Å². The summed E-state index contributed by atoms with van der Waals surface area (Å²) in [5, 5.41) is 3.82. The SMILES string of the molecule is CN(c1cc(C(F)(F)F)nc2ccccc12)C1CCC(NC(=O)c2ccc3ncsc3c2)CC1. The molecule has 4 aromatic rings. The number of carbonyl (C=O) groups excluding carboxylic acids is 1. The van der Waals surface area contributed by atoms with Gasteiger partial charge in [-0.3, -0.25) is 4.79 Å². The highest BCUT2D eigenvalue weighted by molar-refractivity contribution is 7.16. The molecule has 0 unspecified atom stereocenters. The van der Waals surface area contributed by atoms with Crippen LogP contribution in [0.25, 0.3) is 21.1 Å². The van der Waals surface area contributed by atoms with Crippen LogP contribution in [0.5, 0.6) is 0 Å². The molecule has 34 heavy (non-hydrogen) atoms. The van der Waals surface area contributed by atoms with Crippen molar-refractivity contribution in [2.75, 3.05) is 11.9 Å². The molecule has 1 amide bonds. The van der Waals surface area contributed by atoms with Crippen LogP contribution in [0.3, 0.4) is 0 Å². The van der Waals surface area contributed by atoms with Gasteiger partial charge in [0, 0.05) is 35.8 Å². The maximum absolute atomic E-state index is 13.5. The van der Waals surface area contributed by atoms with Gasteiger partial charge in [0.1, 0.15) is 5.69 Å². The molecule has 1 saturated carbocycles. The Balaban J connectivity index is 1.28. The third-order valence-electron chi connectivity index (χ3n) is 6.54. The molecule has 5 rings (SSSR count). The van der Waals surface area contributed by atoms with Gasteiger partial charge in [-0.15, -0.1) is 11.3 Å². The Hall–Kier alpha value is -3.20. The summed E-state index contributed by atoms with van der Waals surface area (Å²) in [4.78, 5) is 22.7. The van der Waals surface area contributed by atoms with Gasteiger partial charge in [0.05, 0.1) is 21.2 Å². The predicted octanol–water partition coefficient (Wildman–Crippen LogP) is 6.04. The van der Waals surface area contributed by atoms with Gasteiger partial charge in [0.25, 0.3) is 5.91 Å². The molecular weight excluding hydrogens is 461 g/mol. The van der Waals surface area contributed by atoms with E-state index in [9.17, 15) is 18.0 Å². The summed E-state index contributed by atoms with van der Waals surface area (Å²) in [6.07, 6.45) is -1.44. The molecule has 0 spiro atoms. The predicted molar refractivity (Wildman–Crippen MR) is 128 cm³/mol. The minimum atomic E-state index is -4.51. The van der Waals surface area contributed by atoms with Crippen LogP contribution in [-0.4, -0.2) is 35.0 Å². The van der Waals surface area contributed by atoms with Crippen LogP contribution in [0.4, 0.5) is 18.9 Å². The Kier molecular flexibility index (Phi) is 5.89. The molecule has 0 saturated heterocycles. The second-order valence-electron chi connectivity index (χ2n) is 8.67. The summed E-state index contributed by atoms with van der Waals surface area (Å²) in [5.41, 5.74) is 3.22. The van der Waals surface area contributed by atoms with E-state index in [2.05, 4.69) is 15.3 Å². The third-order valence-corrected chi connectivity index (χ3v) is 7.33. The molecule has 0 aliphatic heterocycles. The molecular formula is C25H23F3N4OS. The van der Waals surface area contributed by atoms with Gasteiger partial charge in [-0.1, -0.05) is 18.2 Å². The molecule has 2 aromatic carbocycles. The normalized spacial score (nSPS) is 18.8. The Morgan fingerprint density at radius 1 is 1.06 bits per heavy atom. The van der Waals surface area contributed by atoms with Crippen molar-refractivity contribution < 1.29 is 18.0 Å². The van der Waals surface area contributed by atoms with Crippen LogP contribution >= 0.6 is 11.3 Å². The number of benzene rings is 2. The van der Waals surface area contributed by atoms with Crippen LogP contribution in [0.15, 0.2) is 54.0 Å². The van der Waals surface area contributed by atoms with E-state index in [0.29, 0.717) is 22.2 Å². The number of hydrogen-bond donors (Lipinski definition) is 1. The lowest BCUT2D eigenvalue weighted by atomic mass is 9.89. The first-order chi connectivity index (χ1) is 16.3. The van der Waals surface area contributed by atoms with Crippen molar-refractivity contribution in [3.05, 3.63) is 65.3 Å². The number of aromatic nitrogens is 2. The van der Waals surface area contributed by atoms with E-state index >= 15 is 0 Å². The second kappa shape index (κ2) is 8.87. The first kappa shape index (κ1) is 22.6. The Labute approximate surface area is 198 Å². The number of para-hydroxylation sites is 1. The number of thiazole rings is 1. The molecule has 2 aromatic heterocycles. The zero-order chi connectivity index (χ0) is 23.9. The number of amides is 1. The fourth-order valence-corrected chi connectivity index (χ4v) is 5.38. The number of nitrogens with one attached hydrogen (secondary N) is 1. The van der Waals surface area contributed by atoms with Gasteiger partial charge in [-0.25, -0.2) is 9.97 Å². The van der Waals surface area contributed by atoms with Crippen molar-refractivity contribution in [2.45, 2.75) is 43.9 Å². The maximum Gasteiger partial charge on any atom is 0.433 e. The standard InChI is InChI=1S/C25H23F3N4OS/c1-32(21-13-23(25(26,27)28)31-19-5-3-2-4-18(19)21)17-9-7-16(8-10-17)30-24(33)15-6-11-20-22(12-15)34-14-29-20/h2-6,11-14,16-17H,7-10H2,1H3,(H,30,33). The van der Waals surface area contributed by atoms with Gasteiger partial charge in [0.15, 0.2) is 0 Å². The minimum Gasteiger partial charge on any atom is -0.371 e. The molecule has 0 atom stereocenters. The molecule has 1 N–H and O–H groups in total. The molecule has 2 heterocycles.